The van der Waals surface area contributed by atoms with Crippen molar-refractivity contribution in [2.75, 3.05) is 18.4 Å². The lowest BCUT2D eigenvalue weighted by molar-refractivity contribution is -0.915. The third-order valence-electron chi connectivity index (χ3n) is 5.09. The third kappa shape index (κ3) is 2.92. The van der Waals surface area contributed by atoms with Crippen LogP contribution in [0.15, 0.2) is 24.5 Å². The second kappa shape index (κ2) is 6.82. The maximum atomic E-state index is 4.71. The topological polar surface area (TPSA) is 85.3 Å². The zero-order valence-electron chi connectivity index (χ0n) is 15.1. The Bertz CT molecular complexity index is 1090. The van der Waals surface area contributed by atoms with E-state index in [1.54, 1.807) is 26.9 Å². The van der Waals surface area contributed by atoms with E-state index in [2.05, 4.69) is 38.8 Å². The summed E-state index contributed by atoms with van der Waals surface area (Å²) in [4.78, 5) is 13.1. The molecule has 0 aliphatic carbocycles. The standard InChI is InChI=1S/C18H20N8S/c1-2-7-25-8-5-13-14(11-25)27-17-15(13)16(21-18-22-23-24-26(17)18)20-10-12-4-3-6-19-9-12/h3-4,6,9H,2,5,7-8,10-11H2,1H3,(H,20,21,22,24)/p+1. The first-order valence-corrected chi connectivity index (χ1v) is 10.1. The van der Waals surface area contributed by atoms with Crippen LogP contribution in [-0.4, -0.2) is 43.1 Å². The van der Waals surface area contributed by atoms with Crippen LogP contribution in [0, 0.1) is 0 Å². The van der Waals surface area contributed by atoms with Gasteiger partial charge in [0, 0.05) is 25.4 Å². The summed E-state index contributed by atoms with van der Waals surface area (Å²) in [5, 5.41) is 16.7. The number of hydrogen-bond acceptors (Lipinski definition) is 7. The molecule has 8 nitrogen and oxygen atoms in total. The maximum absolute atomic E-state index is 4.71. The molecule has 0 amide bonds. The summed E-state index contributed by atoms with van der Waals surface area (Å²) in [5.74, 6) is 1.40. The molecule has 138 valence electrons. The summed E-state index contributed by atoms with van der Waals surface area (Å²) in [7, 11) is 0. The van der Waals surface area contributed by atoms with E-state index in [1.807, 2.05) is 12.3 Å². The van der Waals surface area contributed by atoms with Gasteiger partial charge in [-0.15, -0.1) is 11.3 Å². The minimum Gasteiger partial charge on any atom is -0.365 e. The van der Waals surface area contributed by atoms with Gasteiger partial charge in [0.2, 0.25) is 0 Å². The number of anilines is 1. The van der Waals surface area contributed by atoms with E-state index in [4.69, 9.17) is 4.98 Å². The highest BCUT2D eigenvalue weighted by Crippen LogP contribution is 2.36. The highest BCUT2D eigenvalue weighted by atomic mass is 32.1. The first-order valence-electron chi connectivity index (χ1n) is 9.32. The van der Waals surface area contributed by atoms with Gasteiger partial charge >= 0.3 is 0 Å². The predicted molar refractivity (Wildman–Crippen MR) is 104 cm³/mol. The number of tetrazole rings is 1. The Hall–Kier alpha value is -2.65. The summed E-state index contributed by atoms with van der Waals surface area (Å²) < 4.78 is 1.77. The molecule has 4 aromatic heterocycles. The number of fused-ring (bicyclic) bond motifs is 5. The predicted octanol–water partition coefficient (Wildman–Crippen LogP) is 1.09. The molecule has 9 heteroatoms. The molecule has 2 N–H and O–H groups in total. The number of pyridine rings is 1. The van der Waals surface area contributed by atoms with Crippen LogP contribution in [0.2, 0.25) is 0 Å². The van der Waals surface area contributed by atoms with Crippen molar-refractivity contribution in [2.45, 2.75) is 32.9 Å². The fourth-order valence-electron chi connectivity index (χ4n) is 3.84. The van der Waals surface area contributed by atoms with Crippen LogP contribution < -0.4 is 10.2 Å². The molecule has 0 spiro atoms. The Morgan fingerprint density at radius 3 is 3.19 bits per heavy atom. The van der Waals surface area contributed by atoms with Gasteiger partial charge in [-0.25, -0.2) is 0 Å². The minimum absolute atomic E-state index is 0.535. The van der Waals surface area contributed by atoms with E-state index in [0.717, 1.165) is 29.2 Å². The fourth-order valence-corrected chi connectivity index (χ4v) is 5.20. The second-order valence-corrected chi connectivity index (χ2v) is 8.01. The molecule has 0 saturated carbocycles. The Morgan fingerprint density at radius 1 is 1.37 bits per heavy atom. The van der Waals surface area contributed by atoms with Crippen LogP contribution in [0.4, 0.5) is 5.82 Å². The van der Waals surface area contributed by atoms with Crippen LogP contribution in [-0.2, 0) is 19.5 Å². The number of rotatable bonds is 5. The molecule has 1 atom stereocenters. The molecule has 0 radical (unpaired) electrons. The van der Waals surface area contributed by atoms with Gasteiger partial charge < -0.3 is 10.2 Å². The molecule has 0 bridgehead atoms. The lowest BCUT2D eigenvalue weighted by Gasteiger charge is -2.23. The van der Waals surface area contributed by atoms with Gasteiger partial charge in [0.1, 0.15) is 17.2 Å². The Kier molecular flexibility index (Phi) is 4.17. The van der Waals surface area contributed by atoms with Gasteiger partial charge in [0.25, 0.3) is 5.78 Å². The molecular formula is C18H21N8S+. The largest absolute Gasteiger partial charge is 0.365 e. The Morgan fingerprint density at radius 2 is 2.33 bits per heavy atom. The minimum atomic E-state index is 0.535. The summed E-state index contributed by atoms with van der Waals surface area (Å²) in [6.07, 6.45) is 5.94. The highest BCUT2D eigenvalue weighted by Gasteiger charge is 2.27. The van der Waals surface area contributed by atoms with Crippen LogP contribution in [0.1, 0.15) is 29.3 Å². The van der Waals surface area contributed by atoms with Gasteiger partial charge in [0.05, 0.1) is 23.4 Å². The van der Waals surface area contributed by atoms with E-state index in [0.29, 0.717) is 12.3 Å². The van der Waals surface area contributed by atoms with Crippen molar-refractivity contribution < 1.29 is 4.90 Å². The number of aromatic nitrogens is 6. The van der Waals surface area contributed by atoms with E-state index < -0.39 is 0 Å². The first-order chi connectivity index (χ1) is 13.3. The van der Waals surface area contributed by atoms with Gasteiger partial charge in [-0.05, 0) is 34.0 Å². The van der Waals surface area contributed by atoms with Crippen LogP contribution in [0.3, 0.4) is 0 Å². The van der Waals surface area contributed by atoms with Crippen LogP contribution in [0.5, 0.6) is 0 Å². The lowest BCUT2D eigenvalue weighted by Crippen LogP contribution is -3.11. The first kappa shape index (κ1) is 16.5. The molecule has 27 heavy (non-hydrogen) atoms. The summed E-state index contributed by atoms with van der Waals surface area (Å²) >= 11 is 1.81. The van der Waals surface area contributed by atoms with E-state index in [9.17, 15) is 0 Å². The molecular weight excluding hydrogens is 360 g/mol. The zero-order valence-corrected chi connectivity index (χ0v) is 16.0. The smallest absolute Gasteiger partial charge is 0.276 e. The number of thiophene rings is 1. The maximum Gasteiger partial charge on any atom is 0.276 e. The van der Waals surface area contributed by atoms with Gasteiger partial charge in [0.15, 0.2) is 0 Å². The molecule has 5 rings (SSSR count). The van der Waals surface area contributed by atoms with Crippen molar-refractivity contribution >= 4 is 33.1 Å². The highest BCUT2D eigenvalue weighted by molar-refractivity contribution is 7.19. The van der Waals surface area contributed by atoms with Gasteiger partial charge in [-0.1, -0.05) is 18.1 Å². The normalized spacial score (nSPS) is 16.7. The average molecular weight is 381 g/mol. The monoisotopic (exact) mass is 381 g/mol. The number of hydrogen-bond donors (Lipinski definition) is 2. The van der Waals surface area contributed by atoms with Crippen molar-refractivity contribution in [1.82, 2.24) is 30.0 Å². The SMILES string of the molecule is CCC[NH+]1CCc2c(sc3c2c(NCc2cccnc2)nc2nnnn23)C1. The van der Waals surface area contributed by atoms with Crippen molar-refractivity contribution in [1.29, 1.82) is 0 Å². The molecule has 1 aliphatic heterocycles. The van der Waals surface area contributed by atoms with Crippen molar-refractivity contribution in [3.8, 4) is 0 Å². The molecule has 0 aromatic carbocycles. The van der Waals surface area contributed by atoms with Crippen molar-refractivity contribution in [3.05, 3.63) is 40.5 Å². The molecule has 0 saturated heterocycles. The van der Waals surface area contributed by atoms with Gasteiger partial charge in [-0.2, -0.15) is 9.50 Å². The Balaban J connectivity index is 1.59. The quantitative estimate of drug-likeness (QED) is 0.538. The number of nitrogens with zero attached hydrogens (tertiary/aromatic N) is 6. The van der Waals surface area contributed by atoms with Crippen LogP contribution in [0.25, 0.3) is 16.0 Å². The average Bonchev–Trinajstić information content (AvgIpc) is 3.31. The lowest BCUT2D eigenvalue weighted by atomic mass is 10.0. The summed E-state index contributed by atoms with van der Waals surface area (Å²) in [6, 6.07) is 4.01. The Labute approximate surface area is 160 Å². The molecule has 4 aromatic rings. The molecule has 1 aliphatic rings. The van der Waals surface area contributed by atoms with E-state index >= 15 is 0 Å². The summed E-state index contributed by atoms with van der Waals surface area (Å²) in [5.41, 5.74) is 2.53. The van der Waals surface area contributed by atoms with Crippen LogP contribution >= 0.6 is 11.3 Å². The zero-order chi connectivity index (χ0) is 18.2. The number of nitrogens with one attached hydrogen (secondary N) is 2. The third-order valence-corrected chi connectivity index (χ3v) is 6.30. The van der Waals surface area contributed by atoms with Crippen molar-refractivity contribution in [3.63, 3.8) is 0 Å². The fraction of sp³-hybridized carbons (Fsp3) is 0.389. The second-order valence-electron chi connectivity index (χ2n) is 6.93. The van der Waals surface area contributed by atoms with Crippen molar-refractivity contribution in [2.24, 2.45) is 0 Å². The number of quaternary nitrogens is 1. The molecule has 1 unspecified atom stereocenters. The van der Waals surface area contributed by atoms with E-state index in [-0.39, 0.29) is 0 Å². The van der Waals surface area contributed by atoms with Gasteiger partial charge in [-0.3, -0.25) is 4.98 Å². The molecule has 0 fully saturated rings. The molecule has 5 heterocycles. The summed E-state index contributed by atoms with van der Waals surface area (Å²) in [6.45, 7) is 6.39. The van der Waals surface area contributed by atoms with E-state index in [1.165, 1.54) is 35.3 Å².